The molecule has 0 fully saturated rings. The number of alkyl carbamates (subject to hydrolysis) is 1. The van der Waals surface area contributed by atoms with Crippen molar-refractivity contribution in [2.24, 2.45) is 0 Å². The summed E-state index contributed by atoms with van der Waals surface area (Å²) in [6.07, 6.45) is 0.362. The number of esters is 1. The molecule has 0 rings (SSSR count). The van der Waals surface area contributed by atoms with Gasteiger partial charge in [-0.15, -0.1) is 0 Å². The second kappa shape index (κ2) is 8.19. The summed E-state index contributed by atoms with van der Waals surface area (Å²) in [5, 5.41) is 11.2. The number of amides is 1. The van der Waals surface area contributed by atoms with Gasteiger partial charge >= 0.3 is 18.0 Å². The first-order chi connectivity index (χ1) is 9.15. The van der Waals surface area contributed by atoms with E-state index in [0.717, 1.165) is 0 Å². The highest BCUT2D eigenvalue weighted by Crippen LogP contribution is 2.08. The van der Waals surface area contributed by atoms with Crippen LogP contribution in [0.4, 0.5) is 4.79 Å². The Bertz CT molecular complexity index is 372. The molecule has 0 aromatic rings. The number of carboxylic acid groups (broad SMARTS) is 1. The van der Waals surface area contributed by atoms with E-state index in [-0.39, 0.29) is 19.4 Å². The van der Waals surface area contributed by atoms with Gasteiger partial charge in [-0.3, -0.25) is 4.79 Å². The van der Waals surface area contributed by atoms with Crippen LogP contribution in [0.1, 0.15) is 33.6 Å². The highest BCUT2D eigenvalue weighted by molar-refractivity contribution is 5.80. The lowest BCUT2D eigenvalue weighted by Crippen LogP contribution is -2.43. The topological polar surface area (TPSA) is 102 Å². The highest BCUT2D eigenvalue weighted by atomic mass is 16.6. The molecule has 0 spiro atoms. The van der Waals surface area contributed by atoms with Gasteiger partial charge in [-0.25, -0.2) is 9.59 Å². The van der Waals surface area contributed by atoms with Crippen LogP contribution in [0.15, 0.2) is 12.7 Å². The first kappa shape index (κ1) is 17.9. The smallest absolute Gasteiger partial charge is 0.408 e. The van der Waals surface area contributed by atoms with Gasteiger partial charge in [0.05, 0.1) is 0 Å². The maximum atomic E-state index is 11.5. The molecule has 0 aromatic carbocycles. The van der Waals surface area contributed by atoms with Crippen LogP contribution < -0.4 is 5.32 Å². The fourth-order valence-corrected chi connectivity index (χ4v) is 1.19. The fraction of sp³-hybridized carbons (Fsp3) is 0.615. The Morgan fingerprint density at radius 3 is 2.40 bits per heavy atom. The van der Waals surface area contributed by atoms with Crippen molar-refractivity contribution in [3.63, 3.8) is 0 Å². The summed E-state index contributed by atoms with van der Waals surface area (Å²) < 4.78 is 9.66. The Kier molecular flexibility index (Phi) is 7.35. The summed E-state index contributed by atoms with van der Waals surface area (Å²) in [4.78, 5) is 33.7. The third-order valence-electron chi connectivity index (χ3n) is 1.99. The van der Waals surface area contributed by atoms with Crippen LogP contribution in [-0.2, 0) is 19.1 Å². The Balaban J connectivity index is 4.30. The molecule has 1 amide bonds. The molecule has 7 heteroatoms. The van der Waals surface area contributed by atoms with E-state index in [1.54, 1.807) is 20.8 Å². The SMILES string of the molecule is C=CCOC(=O)CC[C@H](NC(=O)OC(C)(C)C)C(=O)O. The molecular formula is C13H21NO6. The number of rotatable bonds is 7. The number of hydrogen-bond donors (Lipinski definition) is 2. The second-order valence-electron chi connectivity index (χ2n) is 5.05. The van der Waals surface area contributed by atoms with E-state index in [0.29, 0.717) is 0 Å². The normalized spacial score (nSPS) is 12.2. The average molecular weight is 287 g/mol. The summed E-state index contributed by atoms with van der Waals surface area (Å²) in [7, 11) is 0. The predicted molar refractivity (Wildman–Crippen MR) is 71.2 cm³/mol. The Morgan fingerprint density at radius 1 is 1.35 bits per heavy atom. The van der Waals surface area contributed by atoms with E-state index < -0.39 is 29.7 Å². The van der Waals surface area contributed by atoms with Crippen LogP contribution in [0.3, 0.4) is 0 Å². The summed E-state index contributed by atoms with van der Waals surface area (Å²) >= 11 is 0. The number of nitrogens with one attached hydrogen (secondary N) is 1. The van der Waals surface area contributed by atoms with Gasteiger partial charge in [0.25, 0.3) is 0 Å². The third kappa shape index (κ3) is 8.96. The largest absolute Gasteiger partial charge is 0.480 e. The van der Waals surface area contributed by atoms with Crippen LogP contribution >= 0.6 is 0 Å². The molecule has 0 saturated heterocycles. The van der Waals surface area contributed by atoms with Gasteiger partial charge in [-0.05, 0) is 27.2 Å². The van der Waals surface area contributed by atoms with Crippen LogP contribution in [0.5, 0.6) is 0 Å². The number of aliphatic carboxylic acids is 1. The van der Waals surface area contributed by atoms with Crippen LogP contribution in [0.2, 0.25) is 0 Å². The minimum Gasteiger partial charge on any atom is -0.480 e. The molecule has 7 nitrogen and oxygen atoms in total. The highest BCUT2D eigenvalue weighted by Gasteiger charge is 2.24. The van der Waals surface area contributed by atoms with Gasteiger partial charge < -0.3 is 19.9 Å². The molecule has 0 aliphatic carbocycles. The number of carboxylic acids is 1. The van der Waals surface area contributed by atoms with Crippen LogP contribution in [0, 0.1) is 0 Å². The molecule has 0 aromatic heterocycles. The quantitative estimate of drug-likeness (QED) is 0.543. The number of carbonyl (C=O) groups excluding carboxylic acids is 2. The number of carbonyl (C=O) groups is 3. The lowest BCUT2D eigenvalue weighted by Gasteiger charge is -2.21. The minimum absolute atomic E-state index is 0.0655. The van der Waals surface area contributed by atoms with Crippen molar-refractivity contribution in [2.45, 2.75) is 45.3 Å². The van der Waals surface area contributed by atoms with Crippen LogP contribution in [-0.4, -0.2) is 41.4 Å². The number of hydrogen-bond acceptors (Lipinski definition) is 5. The van der Waals surface area contributed by atoms with Crippen molar-refractivity contribution >= 4 is 18.0 Å². The molecule has 0 heterocycles. The minimum atomic E-state index is -1.24. The van der Waals surface area contributed by atoms with Gasteiger partial charge in [0.15, 0.2) is 0 Å². The lowest BCUT2D eigenvalue weighted by molar-refractivity contribution is -0.143. The standard InChI is InChI=1S/C13H21NO6/c1-5-8-19-10(15)7-6-9(11(16)17)14-12(18)20-13(2,3)4/h5,9H,1,6-8H2,2-4H3,(H,14,18)(H,16,17)/t9-/m0/s1. The van der Waals surface area contributed by atoms with Crippen molar-refractivity contribution in [2.75, 3.05) is 6.61 Å². The van der Waals surface area contributed by atoms with Gasteiger partial charge in [-0.1, -0.05) is 12.7 Å². The molecule has 0 bridgehead atoms. The summed E-state index contributed by atoms with van der Waals surface area (Å²) in [5.41, 5.74) is -0.726. The first-order valence-corrected chi connectivity index (χ1v) is 6.14. The summed E-state index contributed by atoms with van der Waals surface area (Å²) in [6, 6.07) is -1.21. The van der Waals surface area contributed by atoms with Crippen molar-refractivity contribution in [3.05, 3.63) is 12.7 Å². The Morgan fingerprint density at radius 2 is 1.95 bits per heavy atom. The number of ether oxygens (including phenoxy) is 2. The van der Waals surface area contributed by atoms with E-state index in [1.165, 1.54) is 6.08 Å². The molecule has 0 unspecified atom stereocenters. The lowest BCUT2D eigenvalue weighted by atomic mass is 10.1. The zero-order valence-electron chi connectivity index (χ0n) is 12.0. The Labute approximate surface area is 117 Å². The molecule has 114 valence electrons. The maximum absolute atomic E-state index is 11.5. The summed E-state index contributed by atoms with van der Waals surface area (Å²) in [5.74, 6) is -1.80. The predicted octanol–water partition coefficient (Wildman–Crippen LogP) is 1.47. The molecule has 0 aliphatic heterocycles. The molecular weight excluding hydrogens is 266 g/mol. The van der Waals surface area contributed by atoms with Crippen molar-refractivity contribution in [1.82, 2.24) is 5.32 Å². The van der Waals surface area contributed by atoms with Crippen LogP contribution in [0.25, 0.3) is 0 Å². The molecule has 0 radical (unpaired) electrons. The molecule has 0 aliphatic rings. The van der Waals surface area contributed by atoms with Crippen molar-refractivity contribution < 1.29 is 29.0 Å². The van der Waals surface area contributed by atoms with E-state index in [4.69, 9.17) is 14.6 Å². The van der Waals surface area contributed by atoms with E-state index in [1.807, 2.05) is 0 Å². The fourth-order valence-electron chi connectivity index (χ4n) is 1.19. The van der Waals surface area contributed by atoms with Crippen molar-refractivity contribution in [3.8, 4) is 0 Å². The zero-order chi connectivity index (χ0) is 15.8. The van der Waals surface area contributed by atoms with Gasteiger partial charge in [0.1, 0.15) is 18.2 Å². The Hall–Kier alpha value is -2.05. The molecule has 20 heavy (non-hydrogen) atoms. The second-order valence-corrected chi connectivity index (χ2v) is 5.05. The van der Waals surface area contributed by atoms with Crippen molar-refractivity contribution in [1.29, 1.82) is 0 Å². The van der Waals surface area contributed by atoms with Gasteiger partial charge in [0, 0.05) is 6.42 Å². The molecule has 1 atom stereocenters. The van der Waals surface area contributed by atoms with E-state index in [9.17, 15) is 14.4 Å². The third-order valence-corrected chi connectivity index (χ3v) is 1.99. The molecule has 2 N–H and O–H groups in total. The van der Waals surface area contributed by atoms with E-state index >= 15 is 0 Å². The average Bonchev–Trinajstić information content (AvgIpc) is 2.29. The monoisotopic (exact) mass is 287 g/mol. The summed E-state index contributed by atoms with van der Waals surface area (Å²) in [6.45, 7) is 8.44. The van der Waals surface area contributed by atoms with Gasteiger partial charge in [0.2, 0.25) is 0 Å². The zero-order valence-corrected chi connectivity index (χ0v) is 12.0. The van der Waals surface area contributed by atoms with Gasteiger partial charge in [-0.2, -0.15) is 0 Å². The van der Waals surface area contributed by atoms with E-state index in [2.05, 4.69) is 11.9 Å². The maximum Gasteiger partial charge on any atom is 0.408 e. The first-order valence-electron chi connectivity index (χ1n) is 6.14. The molecule has 0 saturated carbocycles.